The Balaban J connectivity index is 0. The van der Waals surface area contributed by atoms with Crippen LogP contribution in [0.3, 0.4) is 0 Å². The second kappa shape index (κ2) is 6.19. The second-order valence-electron chi connectivity index (χ2n) is 2.55. The molecule has 0 bridgehead atoms. The summed E-state index contributed by atoms with van der Waals surface area (Å²) in [4.78, 5) is 11.8. The molecule has 2 atom stereocenters. The first kappa shape index (κ1) is 14.2. The van der Waals surface area contributed by atoms with E-state index >= 15 is 0 Å². The molecule has 0 spiro atoms. The number of nitrogens with zero attached hydrogens (tertiary/aromatic N) is 1. The Morgan fingerprint density at radius 1 is 1.42 bits per heavy atom. The molecule has 0 radical (unpaired) electrons. The molecule has 0 aromatic carbocycles. The van der Waals surface area contributed by atoms with Gasteiger partial charge in [0.05, 0.1) is 18.9 Å². The molecule has 5 N–H and O–H groups in total. The molecule has 0 aromatic heterocycles. The highest BCUT2D eigenvalue weighted by atomic mass is 35.5. The highest BCUT2D eigenvalue weighted by Crippen LogP contribution is 1.95. The fourth-order valence-electron chi connectivity index (χ4n) is 0.815. The van der Waals surface area contributed by atoms with Crippen LogP contribution in [0.15, 0.2) is 0 Å². The zero-order valence-corrected chi connectivity index (χ0v) is 8.04. The molecule has 0 saturated carbocycles. The molecule has 6 heteroatoms. The smallest absolute Gasteiger partial charge is 0.317 e. The number of hydrogen-bond acceptors (Lipinski definition) is 4. The maximum atomic E-state index is 10.3. The largest absolute Gasteiger partial charge is 0.480 e. The number of carboxylic acid groups (broad SMARTS) is 1. The highest BCUT2D eigenvalue weighted by Gasteiger charge is 2.16. The van der Waals surface area contributed by atoms with Crippen LogP contribution in [-0.4, -0.2) is 34.9 Å². The minimum absolute atomic E-state index is 0. The van der Waals surface area contributed by atoms with Crippen LogP contribution in [0.2, 0.25) is 0 Å². The van der Waals surface area contributed by atoms with E-state index in [1.165, 1.54) is 4.90 Å². The first-order valence-electron chi connectivity index (χ1n) is 3.44. The van der Waals surface area contributed by atoms with Gasteiger partial charge in [-0.15, -0.1) is 12.4 Å². The maximum absolute atomic E-state index is 10.3. The number of halogens is 1. The lowest BCUT2D eigenvalue weighted by atomic mass is 10.4. The van der Waals surface area contributed by atoms with Crippen LogP contribution in [0.1, 0.15) is 13.8 Å². The summed E-state index contributed by atoms with van der Waals surface area (Å²) >= 11 is 0. The molecule has 0 amide bonds. The Bertz CT molecular complexity index is 133. The lowest BCUT2D eigenvalue weighted by Crippen LogP contribution is -2.51. The molecular formula is C6H16ClN3O2. The predicted molar refractivity (Wildman–Crippen MR) is 48.9 cm³/mol. The van der Waals surface area contributed by atoms with Gasteiger partial charge in [0.25, 0.3) is 0 Å². The zero-order chi connectivity index (χ0) is 9.02. The standard InChI is InChI=1S/C6H15N3O2.ClH/c1-4(7)9(5(2)8)3-6(10)11;/h4-5H,3,7-8H2,1-2H3,(H,10,11);1H. The number of aliphatic carboxylic acids is 1. The molecule has 0 saturated heterocycles. The van der Waals surface area contributed by atoms with Crippen molar-refractivity contribution >= 4 is 18.4 Å². The van der Waals surface area contributed by atoms with Crippen molar-refractivity contribution in [1.29, 1.82) is 0 Å². The van der Waals surface area contributed by atoms with Gasteiger partial charge in [-0.25, -0.2) is 0 Å². The summed E-state index contributed by atoms with van der Waals surface area (Å²) in [6, 6.07) is 0. The van der Waals surface area contributed by atoms with E-state index < -0.39 is 5.97 Å². The summed E-state index contributed by atoms with van der Waals surface area (Å²) in [6.45, 7) is 3.29. The van der Waals surface area contributed by atoms with Crippen molar-refractivity contribution in [3.8, 4) is 0 Å². The number of nitrogens with two attached hydrogens (primary N) is 2. The highest BCUT2D eigenvalue weighted by molar-refractivity contribution is 5.85. The van der Waals surface area contributed by atoms with Crippen LogP contribution in [0, 0.1) is 0 Å². The van der Waals surface area contributed by atoms with Gasteiger partial charge in [-0.05, 0) is 13.8 Å². The summed E-state index contributed by atoms with van der Waals surface area (Å²) in [5, 5.41) is 8.43. The molecule has 0 aromatic rings. The van der Waals surface area contributed by atoms with Crippen molar-refractivity contribution < 1.29 is 9.90 Å². The maximum Gasteiger partial charge on any atom is 0.317 e. The molecule has 0 fully saturated rings. The quantitative estimate of drug-likeness (QED) is 0.524. The van der Waals surface area contributed by atoms with Gasteiger partial charge >= 0.3 is 5.97 Å². The first-order valence-corrected chi connectivity index (χ1v) is 3.44. The van der Waals surface area contributed by atoms with Crippen molar-refractivity contribution in [3.63, 3.8) is 0 Å². The van der Waals surface area contributed by atoms with E-state index in [2.05, 4.69) is 0 Å². The van der Waals surface area contributed by atoms with Crippen LogP contribution >= 0.6 is 12.4 Å². The molecule has 0 aliphatic carbocycles. The van der Waals surface area contributed by atoms with Gasteiger partial charge in [0.1, 0.15) is 0 Å². The number of rotatable bonds is 4. The Morgan fingerprint density at radius 2 is 1.75 bits per heavy atom. The lowest BCUT2D eigenvalue weighted by molar-refractivity contribution is -0.139. The minimum Gasteiger partial charge on any atom is -0.480 e. The van der Waals surface area contributed by atoms with Crippen LogP contribution < -0.4 is 11.5 Å². The Morgan fingerprint density at radius 3 is 1.83 bits per heavy atom. The van der Waals surface area contributed by atoms with Gasteiger partial charge in [0, 0.05) is 0 Å². The fourth-order valence-corrected chi connectivity index (χ4v) is 0.815. The first-order chi connectivity index (χ1) is 4.95. The normalized spacial score (nSPS) is 15.1. The molecule has 5 nitrogen and oxygen atoms in total. The van der Waals surface area contributed by atoms with Crippen LogP contribution in [0.4, 0.5) is 0 Å². The van der Waals surface area contributed by atoms with E-state index in [-0.39, 0.29) is 31.3 Å². The van der Waals surface area contributed by atoms with Crippen molar-refractivity contribution in [2.24, 2.45) is 11.5 Å². The lowest BCUT2D eigenvalue weighted by Gasteiger charge is -2.27. The van der Waals surface area contributed by atoms with E-state index in [4.69, 9.17) is 16.6 Å². The summed E-state index contributed by atoms with van der Waals surface area (Å²) < 4.78 is 0. The van der Waals surface area contributed by atoms with Gasteiger partial charge in [0.15, 0.2) is 0 Å². The van der Waals surface area contributed by atoms with E-state index in [1.807, 2.05) is 0 Å². The Hall–Kier alpha value is -0.360. The summed E-state index contributed by atoms with van der Waals surface area (Å²) in [5.41, 5.74) is 10.9. The van der Waals surface area contributed by atoms with Crippen molar-refractivity contribution in [1.82, 2.24) is 4.90 Å². The van der Waals surface area contributed by atoms with E-state index in [0.717, 1.165) is 0 Å². The summed E-state index contributed by atoms with van der Waals surface area (Å²) in [7, 11) is 0. The van der Waals surface area contributed by atoms with Gasteiger partial charge in [-0.2, -0.15) is 0 Å². The van der Waals surface area contributed by atoms with Crippen molar-refractivity contribution in [2.45, 2.75) is 26.2 Å². The SMILES string of the molecule is CC(N)N(CC(=O)O)C(C)N.Cl. The number of carbonyl (C=O) groups is 1. The topological polar surface area (TPSA) is 92.6 Å². The molecule has 0 aliphatic heterocycles. The van der Waals surface area contributed by atoms with Crippen molar-refractivity contribution in [2.75, 3.05) is 6.54 Å². The molecule has 0 aliphatic rings. The predicted octanol–water partition coefficient (Wildman–Crippen LogP) is -0.596. The molecular weight excluding hydrogens is 182 g/mol. The second-order valence-corrected chi connectivity index (χ2v) is 2.55. The van der Waals surface area contributed by atoms with Crippen molar-refractivity contribution in [3.05, 3.63) is 0 Å². The molecule has 0 heterocycles. The van der Waals surface area contributed by atoms with E-state index in [9.17, 15) is 4.79 Å². The average Bonchev–Trinajstić information content (AvgIpc) is 1.81. The molecule has 0 rings (SSSR count). The zero-order valence-electron chi connectivity index (χ0n) is 7.23. The summed E-state index contributed by atoms with van der Waals surface area (Å²) in [6.07, 6.45) is -0.655. The van der Waals surface area contributed by atoms with Gasteiger partial charge in [-0.3, -0.25) is 9.69 Å². The Labute approximate surface area is 78.1 Å². The fraction of sp³-hybridized carbons (Fsp3) is 0.833. The van der Waals surface area contributed by atoms with Gasteiger partial charge in [-0.1, -0.05) is 0 Å². The Kier molecular flexibility index (Phi) is 7.31. The van der Waals surface area contributed by atoms with Gasteiger partial charge in [0.2, 0.25) is 0 Å². The third-order valence-corrected chi connectivity index (χ3v) is 1.36. The number of hydrogen-bond donors (Lipinski definition) is 3. The van der Waals surface area contributed by atoms with E-state index in [1.54, 1.807) is 13.8 Å². The van der Waals surface area contributed by atoms with Gasteiger partial charge < -0.3 is 16.6 Å². The summed E-state index contributed by atoms with van der Waals surface area (Å²) in [5.74, 6) is -0.917. The minimum atomic E-state index is -0.917. The van der Waals surface area contributed by atoms with E-state index in [0.29, 0.717) is 0 Å². The third-order valence-electron chi connectivity index (χ3n) is 1.36. The monoisotopic (exact) mass is 197 g/mol. The molecule has 12 heavy (non-hydrogen) atoms. The third kappa shape index (κ3) is 5.31. The molecule has 2 unspecified atom stereocenters. The molecule has 74 valence electrons. The van der Waals surface area contributed by atoms with Crippen LogP contribution in [0.5, 0.6) is 0 Å². The average molecular weight is 198 g/mol. The number of carboxylic acids is 1. The van der Waals surface area contributed by atoms with Crippen LogP contribution in [0.25, 0.3) is 0 Å². The van der Waals surface area contributed by atoms with Crippen LogP contribution in [-0.2, 0) is 4.79 Å².